The van der Waals surface area contributed by atoms with Crippen molar-refractivity contribution in [2.24, 2.45) is 0 Å². The number of benzene rings is 2. The first-order valence-corrected chi connectivity index (χ1v) is 7.61. The molecule has 1 N–H and O–H groups in total. The Morgan fingerprint density at radius 1 is 0.962 bits per heavy atom. The number of carboxylic acid groups (broad SMARTS) is 1. The molecule has 3 rings (SSSR count). The molecule has 0 radical (unpaired) electrons. The zero-order valence-electron chi connectivity index (χ0n) is 14.4. The van der Waals surface area contributed by atoms with Crippen LogP contribution in [0.5, 0.6) is 17.2 Å². The molecule has 0 spiro atoms. The summed E-state index contributed by atoms with van der Waals surface area (Å²) in [5.74, 6) is -0.287. The number of hydrogen-bond acceptors (Lipinski definition) is 6. The second kappa shape index (κ2) is 6.79. The van der Waals surface area contributed by atoms with Crippen LogP contribution in [0.15, 0.2) is 45.6 Å². The number of aromatic carboxylic acids is 1. The first-order chi connectivity index (χ1) is 12.5. The van der Waals surface area contributed by atoms with Crippen LogP contribution in [0.2, 0.25) is 0 Å². The highest BCUT2D eigenvalue weighted by molar-refractivity contribution is 5.99. The Labute approximate surface area is 148 Å². The molecule has 0 aliphatic heterocycles. The van der Waals surface area contributed by atoms with E-state index >= 15 is 0 Å². The number of carboxylic acids is 1. The van der Waals surface area contributed by atoms with Crippen LogP contribution in [0.25, 0.3) is 22.3 Å². The summed E-state index contributed by atoms with van der Waals surface area (Å²) in [5, 5.41) is 9.70. The number of rotatable bonds is 5. The summed E-state index contributed by atoms with van der Waals surface area (Å²) in [6.07, 6.45) is 0. The summed E-state index contributed by atoms with van der Waals surface area (Å²) in [6, 6.07) is 9.46. The molecule has 0 aliphatic rings. The highest BCUT2D eigenvalue weighted by Gasteiger charge is 2.24. The first-order valence-electron chi connectivity index (χ1n) is 7.61. The lowest BCUT2D eigenvalue weighted by molar-refractivity contribution is 0.0694. The van der Waals surface area contributed by atoms with Crippen molar-refractivity contribution in [1.82, 2.24) is 0 Å². The third kappa shape index (κ3) is 2.73. The minimum absolute atomic E-state index is 0.0829. The van der Waals surface area contributed by atoms with Gasteiger partial charge in [-0.15, -0.1) is 0 Å². The van der Waals surface area contributed by atoms with Crippen LogP contribution < -0.4 is 19.6 Å². The molecule has 0 saturated carbocycles. The van der Waals surface area contributed by atoms with Crippen LogP contribution in [0.1, 0.15) is 10.4 Å². The van der Waals surface area contributed by atoms with Crippen molar-refractivity contribution in [3.8, 4) is 28.6 Å². The van der Waals surface area contributed by atoms with Gasteiger partial charge in [0.25, 0.3) is 0 Å². The van der Waals surface area contributed by atoms with Crippen LogP contribution in [-0.2, 0) is 0 Å². The number of carbonyl (C=O) groups is 1. The molecule has 0 unspecified atom stereocenters. The van der Waals surface area contributed by atoms with Crippen LogP contribution >= 0.6 is 0 Å². The van der Waals surface area contributed by atoms with E-state index in [0.29, 0.717) is 22.8 Å². The van der Waals surface area contributed by atoms with Crippen molar-refractivity contribution in [2.45, 2.75) is 0 Å². The van der Waals surface area contributed by atoms with Gasteiger partial charge in [-0.05, 0) is 30.3 Å². The minimum atomic E-state index is -1.38. The van der Waals surface area contributed by atoms with Crippen molar-refractivity contribution in [3.05, 3.63) is 52.2 Å². The van der Waals surface area contributed by atoms with E-state index in [9.17, 15) is 14.7 Å². The number of para-hydroxylation sites is 1. The van der Waals surface area contributed by atoms with Crippen molar-refractivity contribution >= 4 is 16.9 Å². The van der Waals surface area contributed by atoms with Gasteiger partial charge < -0.3 is 23.7 Å². The second-order valence-corrected chi connectivity index (χ2v) is 5.35. The zero-order valence-corrected chi connectivity index (χ0v) is 14.4. The number of hydrogen-bond donors (Lipinski definition) is 1. The molecule has 7 nitrogen and oxygen atoms in total. The monoisotopic (exact) mass is 356 g/mol. The molecule has 0 fully saturated rings. The van der Waals surface area contributed by atoms with E-state index in [1.807, 2.05) is 0 Å². The Hall–Kier alpha value is -3.48. The predicted molar refractivity (Wildman–Crippen MR) is 94.5 cm³/mol. The fraction of sp³-hybridized carbons (Fsp3) is 0.158. The largest absolute Gasteiger partial charge is 0.493 e. The van der Waals surface area contributed by atoms with E-state index in [-0.39, 0.29) is 16.7 Å². The summed E-state index contributed by atoms with van der Waals surface area (Å²) in [6.45, 7) is 0. The Morgan fingerprint density at radius 2 is 1.65 bits per heavy atom. The number of fused-ring (bicyclic) bond motifs is 1. The van der Waals surface area contributed by atoms with Gasteiger partial charge in [-0.2, -0.15) is 0 Å². The van der Waals surface area contributed by atoms with Gasteiger partial charge >= 0.3 is 5.97 Å². The summed E-state index contributed by atoms with van der Waals surface area (Å²) in [5.41, 5.74) is -0.569. The fourth-order valence-electron chi connectivity index (χ4n) is 2.73. The maximum atomic E-state index is 12.8. The fourth-order valence-corrected chi connectivity index (χ4v) is 2.73. The molecule has 1 heterocycles. The van der Waals surface area contributed by atoms with Crippen molar-refractivity contribution < 1.29 is 28.5 Å². The van der Waals surface area contributed by atoms with E-state index in [2.05, 4.69) is 0 Å². The molecular weight excluding hydrogens is 340 g/mol. The van der Waals surface area contributed by atoms with Crippen LogP contribution in [0, 0.1) is 0 Å². The van der Waals surface area contributed by atoms with E-state index in [1.165, 1.54) is 27.4 Å². The number of ether oxygens (including phenoxy) is 3. The molecule has 0 atom stereocenters. The van der Waals surface area contributed by atoms with E-state index in [0.717, 1.165) is 0 Å². The van der Waals surface area contributed by atoms with Gasteiger partial charge in [0.15, 0.2) is 34.2 Å². The SMILES string of the molecule is COc1ccc(-c2oc3c(OC)cccc3c(=O)c2C(=O)O)cc1OC. The van der Waals surface area contributed by atoms with Gasteiger partial charge in [-0.1, -0.05) is 6.07 Å². The highest BCUT2D eigenvalue weighted by atomic mass is 16.5. The molecule has 0 bridgehead atoms. The van der Waals surface area contributed by atoms with Crippen LogP contribution in [0.3, 0.4) is 0 Å². The van der Waals surface area contributed by atoms with Crippen molar-refractivity contribution in [2.75, 3.05) is 21.3 Å². The maximum Gasteiger partial charge on any atom is 0.343 e. The second-order valence-electron chi connectivity index (χ2n) is 5.35. The molecule has 0 aliphatic carbocycles. The Balaban J connectivity index is 2.40. The minimum Gasteiger partial charge on any atom is -0.493 e. The maximum absolute atomic E-state index is 12.8. The third-order valence-corrected chi connectivity index (χ3v) is 3.96. The quantitative estimate of drug-likeness (QED) is 0.750. The predicted octanol–water partition coefficient (Wildman–Crippen LogP) is 3.18. The van der Waals surface area contributed by atoms with Crippen molar-refractivity contribution in [3.63, 3.8) is 0 Å². The topological polar surface area (TPSA) is 95.2 Å². The lowest BCUT2D eigenvalue weighted by Crippen LogP contribution is -2.16. The van der Waals surface area contributed by atoms with Crippen LogP contribution in [-0.4, -0.2) is 32.4 Å². The van der Waals surface area contributed by atoms with Gasteiger partial charge in [-0.25, -0.2) is 4.79 Å². The molecule has 1 aromatic heterocycles. The summed E-state index contributed by atoms with van der Waals surface area (Å²) < 4.78 is 21.5. The molecule has 0 saturated heterocycles. The Morgan fingerprint density at radius 3 is 2.27 bits per heavy atom. The lowest BCUT2D eigenvalue weighted by atomic mass is 10.0. The third-order valence-electron chi connectivity index (χ3n) is 3.96. The lowest BCUT2D eigenvalue weighted by Gasteiger charge is -2.12. The van der Waals surface area contributed by atoms with E-state index in [4.69, 9.17) is 18.6 Å². The average molecular weight is 356 g/mol. The van der Waals surface area contributed by atoms with Gasteiger partial charge in [-0.3, -0.25) is 4.79 Å². The van der Waals surface area contributed by atoms with Crippen molar-refractivity contribution in [1.29, 1.82) is 0 Å². The normalized spacial score (nSPS) is 10.6. The summed E-state index contributed by atoms with van der Waals surface area (Å²) in [4.78, 5) is 24.5. The summed E-state index contributed by atoms with van der Waals surface area (Å²) >= 11 is 0. The van der Waals surface area contributed by atoms with Gasteiger partial charge in [0.2, 0.25) is 5.43 Å². The zero-order chi connectivity index (χ0) is 18.8. The first kappa shape index (κ1) is 17.3. The standard InChI is InChI=1S/C19H16O7/c1-23-12-8-7-10(9-14(12)25-3)17-15(19(21)22)16(20)11-5-4-6-13(24-2)18(11)26-17/h4-9H,1-3H3,(H,21,22). The average Bonchev–Trinajstić information content (AvgIpc) is 2.66. The molecule has 26 heavy (non-hydrogen) atoms. The van der Waals surface area contributed by atoms with Gasteiger partial charge in [0.05, 0.1) is 26.7 Å². The van der Waals surface area contributed by atoms with Gasteiger partial charge in [0.1, 0.15) is 0 Å². The van der Waals surface area contributed by atoms with E-state index in [1.54, 1.807) is 30.3 Å². The highest BCUT2D eigenvalue weighted by Crippen LogP contribution is 2.35. The number of methoxy groups -OCH3 is 3. The molecule has 134 valence electrons. The van der Waals surface area contributed by atoms with Gasteiger partial charge in [0, 0.05) is 5.56 Å². The Bertz CT molecular complexity index is 1050. The van der Waals surface area contributed by atoms with Crippen LogP contribution in [0.4, 0.5) is 0 Å². The molecule has 7 heteroatoms. The Kier molecular flexibility index (Phi) is 4.53. The van der Waals surface area contributed by atoms with E-state index < -0.39 is 17.0 Å². The molecular formula is C19H16O7. The molecule has 0 amide bonds. The summed E-state index contributed by atoms with van der Waals surface area (Å²) in [7, 11) is 4.39. The smallest absolute Gasteiger partial charge is 0.343 e. The molecule has 2 aromatic carbocycles. The molecule has 3 aromatic rings.